The maximum absolute atomic E-state index is 10.8. The van der Waals surface area contributed by atoms with E-state index in [2.05, 4.69) is 0 Å². The Kier molecular flexibility index (Phi) is 4.56. The Morgan fingerprint density at radius 3 is 2.10 bits per heavy atom. The summed E-state index contributed by atoms with van der Waals surface area (Å²) in [6, 6.07) is 14.6. The van der Waals surface area contributed by atoms with E-state index in [1.807, 2.05) is 43.3 Å². The van der Waals surface area contributed by atoms with Crippen LogP contribution in [-0.4, -0.2) is 17.7 Å². The van der Waals surface area contributed by atoms with Crippen molar-refractivity contribution in [3.05, 3.63) is 66.2 Å². The standard InChI is InChI=1S/C17H16O3/c1-2-3-12-20-16-10-8-14(9-11-16)13-4-6-15(7-5-13)17(18)19/h2-11H,12H2,1H3,(H,18,19). The van der Waals surface area contributed by atoms with Gasteiger partial charge in [-0.3, -0.25) is 0 Å². The summed E-state index contributed by atoms with van der Waals surface area (Å²) in [4.78, 5) is 10.8. The van der Waals surface area contributed by atoms with E-state index < -0.39 is 5.97 Å². The second-order valence-corrected chi connectivity index (χ2v) is 4.29. The maximum Gasteiger partial charge on any atom is 0.335 e. The van der Waals surface area contributed by atoms with Crippen LogP contribution in [0.25, 0.3) is 11.1 Å². The zero-order valence-electron chi connectivity index (χ0n) is 11.2. The molecule has 3 nitrogen and oxygen atoms in total. The highest BCUT2D eigenvalue weighted by Crippen LogP contribution is 2.22. The van der Waals surface area contributed by atoms with Crippen LogP contribution in [-0.2, 0) is 0 Å². The predicted molar refractivity (Wildman–Crippen MR) is 79.1 cm³/mol. The first-order chi connectivity index (χ1) is 9.70. The van der Waals surface area contributed by atoms with Gasteiger partial charge in [-0.15, -0.1) is 0 Å². The number of hydrogen-bond acceptors (Lipinski definition) is 2. The van der Waals surface area contributed by atoms with Crippen LogP contribution in [0.3, 0.4) is 0 Å². The lowest BCUT2D eigenvalue weighted by molar-refractivity contribution is 0.0697. The topological polar surface area (TPSA) is 46.5 Å². The minimum atomic E-state index is -0.913. The number of aromatic carboxylic acids is 1. The lowest BCUT2D eigenvalue weighted by Crippen LogP contribution is -1.95. The molecule has 20 heavy (non-hydrogen) atoms. The van der Waals surface area contributed by atoms with Gasteiger partial charge < -0.3 is 9.84 Å². The van der Waals surface area contributed by atoms with Gasteiger partial charge in [0, 0.05) is 0 Å². The van der Waals surface area contributed by atoms with Gasteiger partial charge in [-0.1, -0.05) is 36.4 Å². The molecule has 0 spiro atoms. The van der Waals surface area contributed by atoms with E-state index in [4.69, 9.17) is 9.84 Å². The number of rotatable bonds is 5. The molecule has 1 N–H and O–H groups in total. The van der Waals surface area contributed by atoms with Gasteiger partial charge >= 0.3 is 5.97 Å². The number of ether oxygens (including phenoxy) is 1. The van der Waals surface area contributed by atoms with E-state index in [-0.39, 0.29) is 0 Å². The molecule has 0 fully saturated rings. The molecule has 0 saturated carbocycles. The maximum atomic E-state index is 10.8. The molecule has 0 amide bonds. The molecule has 0 heterocycles. The van der Waals surface area contributed by atoms with E-state index >= 15 is 0 Å². The minimum Gasteiger partial charge on any atom is -0.490 e. The molecule has 3 heteroatoms. The van der Waals surface area contributed by atoms with Gasteiger partial charge in [0.15, 0.2) is 0 Å². The normalized spacial score (nSPS) is 10.7. The van der Waals surface area contributed by atoms with E-state index in [9.17, 15) is 4.79 Å². The Morgan fingerprint density at radius 1 is 1.05 bits per heavy atom. The molecule has 0 radical (unpaired) electrons. The molecular weight excluding hydrogens is 252 g/mol. The zero-order chi connectivity index (χ0) is 14.4. The van der Waals surface area contributed by atoms with Gasteiger partial charge in [0.05, 0.1) is 5.56 Å². The van der Waals surface area contributed by atoms with E-state index in [1.165, 1.54) is 0 Å². The number of carboxylic acids is 1. The third-order valence-corrected chi connectivity index (χ3v) is 2.90. The monoisotopic (exact) mass is 268 g/mol. The van der Waals surface area contributed by atoms with Crippen LogP contribution in [0.2, 0.25) is 0 Å². The summed E-state index contributed by atoms with van der Waals surface area (Å²) >= 11 is 0. The Balaban J connectivity index is 2.11. The first kappa shape index (κ1) is 13.9. The molecule has 0 aliphatic carbocycles. The van der Waals surface area contributed by atoms with Crippen molar-refractivity contribution in [2.24, 2.45) is 0 Å². The van der Waals surface area contributed by atoms with Gasteiger partial charge in [0.25, 0.3) is 0 Å². The fourth-order valence-electron chi connectivity index (χ4n) is 1.79. The average molecular weight is 268 g/mol. The second-order valence-electron chi connectivity index (χ2n) is 4.29. The average Bonchev–Trinajstić information content (AvgIpc) is 2.48. The van der Waals surface area contributed by atoms with Crippen molar-refractivity contribution >= 4 is 5.97 Å². The van der Waals surface area contributed by atoms with Gasteiger partial charge in [-0.2, -0.15) is 0 Å². The lowest BCUT2D eigenvalue weighted by atomic mass is 10.0. The highest BCUT2D eigenvalue weighted by atomic mass is 16.5. The number of carbonyl (C=O) groups is 1. The van der Waals surface area contributed by atoms with Gasteiger partial charge in [0.1, 0.15) is 12.4 Å². The third kappa shape index (κ3) is 3.48. The molecule has 2 aromatic carbocycles. The molecule has 0 aliphatic heterocycles. The predicted octanol–water partition coefficient (Wildman–Crippen LogP) is 4.01. The second kappa shape index (κ2) is 6.57. The minimum absolute atomic E-state index is 0.292. The van der Waals surface area contributed by atoms with Gasteiger partial charge in [-0.25, -0.2) is 4.79 Å². The first-order valence-electron chi connectivity index (χ1n) is 6.38. The molecule has 0 aliphatic rings. The first-order valence-corrected chi connectivity index (χ1v) is 6.38. The summed E-state index contributed by atoms with van der Waals surface area (Å²) in [5, 5.41) is 8.86. The Bertz CT molecular complexity index is 595. The summed E-state index contributed by atoms with van der Waals surface area (Å²) in [5.41, 5.74) is 2.30. The summed E-state index contributed by atoms with van der Waals surface area (Å²) in [7, 11) is 0. The van der Waals surface area contributed by atoms with Crippen LogP contribution in [0.1, 0.15) is 17.3 Å². The van der Waals surface area contributed by atoms with Crippen LogP contribution >= 0.6 is 0 Å². The van der Waals surface area contributed by atoms with E-state index in [1.54, 1.807) is 24.3 Å². The Labute approximate surface area is 118 Å². The van der Waals surface area contributed by atoms with E-state index in [0.29, 0.717) is 12.2 Å². The number of allylic oxidation sites excluding steroid dienone is 1. The summed E-state index contributed by atoms with van der Waals surface area (Å²) in [6.07, 6.45) is 3.89. The molecule has 0 unspecified atom stereocenters. The van der Waals surface area contributed by atoms with Gasteiger partial charge in [0.2, 0.25) is 0 Å². The van der Waals surface area contributed by atoms with Crippen LogP contribution in [0.15, 0.2) is 60.7 Å². The Hall–Kier alpha value is -2.55. The molecule has 0 saturated heterocycles. The number of hydrogen-bond donors (Lipinski definition) is 1. The molecule has 2 rings (SSSR count). The SMILES string of the molecule is CC=CCOc1ccc(-c2ccc(C(=O)O)cc2)cc1. The van der Waals surface area contributed by atoms with Crippen LogP contribution in [0, 0.1) is 0 Å². The van der Waals surface area contributed by atoms with Crippen LogP contribution in [0.5, 0.6) is 5.75 Å². The van der Waals surface area contributed by atoms with Crippen molar-refractivity contribution in [1.82, 2.24) is 0 Å². The number of benzene rings is 2. The lowest BCUT2D eigenvalue weighted by Gasteiger charge is -2.06. The molecule has 0 atom stereocenters. The third-order valence-electron chi connectivity index (χ3n) is 2.90. The highest BCUT2D eigenvalue weighted by Gasteiger charge is 2.03. The van der Waals surface area contributed by atoms with Gasteiger partial charge in [-0.05, 0) is 42.3 Å². The van der Waals surface area contributed by atoms with Crippen molar-refractivity contribution in [3.63, 3.8) is 0 Å². The molecule has 0 aromatic heterocycles. The zero-order valence-corrected chi connectivity index (χ0v) is 11.2. The van der Waals surface area contributed by atoms with Crippen molar-refractivity contribution in [2.45, 2.75) is 6.92 Å². The van der Waals surface area contributed by atoms with E-state index in [0.717, 1.165) is 16.9 Å². The quantitative estimate of drug-likeness (QED) is 0.833. The number of carboxylic acid groups (broad SMARTS) is 1. The molecule has 0 bridgehead atoms. The summed E-state index contributed by atoms with van der Waals surface area (Å²) < 4.78 is 5.52. The van der Waals surface area contributed by atoms with Crippen molar-refractivity contribution in [2.75, 3.05) is 6.61 Å². The van der Waals surface area contributed by atoms with Crippen LogP contribution < -0.4 is 4.74 Å². The molecular formula is C17H16O3. The largest absolute Gasteiger partial charge is 0.490 e. The molecule has 2 aromatic rings. The van der Waals surface area contributed by atoms with Crippen LogP contribution in [0.4, 0.5) is 0 Å². The fraction of sp³-hybridized carbons (Fsp3) is 0.118. The van der Waals surface area contributed by atoms with Crippen molar-refractivity contribution in [1.29, 1.82) is 0 Å². The Morgan fingerprint density at radius 2 is 1.60 bits per heavy atom. The fourth-order valence-corrected chi connectivity index (χ4v) is 1.79. The van der Waals surface area contributed by atoms with Crippen molar-refractivity contribution in [3.8, 4) is 16.9 Å². The summed E-state index contributed by atoms with van der Waals surface area (Å²) in [6.45, 7) is 2.51. The smallest absolute Gasteiger partial charge is 0.335 e. The summed E-state index contributed by atoms with van der Waals surface area (Å²) in [5.74, 6) is -0.0988. The highest BCUT2D eigenvalue weighted by molar-refractivity contribution is 5.88. The molecule has 102 valence electrons. The van der Waals surface area contributed by atoms with Crippen molar-refractivity contribution < 1.29 is 14.6 Å².